The van der Waals surface area contributed by atoms with Gasteiger partial charge in [-0.05, 0) is 88.2 Å². The number of rotatable bonds is 10. The van der Waals surface area contributed by atoms with Gasteiger partial charge in [-0.2, -0.15) is 5.09 Å². The Balaban J connectivity index is 1.27. The molecule has 8 rings (SSSR count). The van der Waals surface area contributed by atoms with E-state index in [0.29, 0.717) is 18.7 Å². The molecule has 0 radical (unpaired) electrons. The molecule has 52 heavy (non-hydrogen) atoms. The number of benzene rings is 6. The van der Waals surface area contributed by atoms with Crippen LogP contribution >= 0.6 is 23.9 Å². The van der Waals surface area contributed by atoms with Crippen molar-refractivity contribution < 1.29 is 9.69 Å². The fourth-order valence-electron chi connectivity index (χ4n) is 8.85. The summed E-state index contributed by atoms with van der Waals surface area (Å²) in [5.74, 6) is 0.0251. The second-order valence-electron chi connectivity index (χ2n) is 14.6. The van der Waals surface area contributed by atoms with Crippen molar-refractivity contribution in [1.29, 1.82) is 0 Å². The molecule has 2 aliphatic rings. The summed E-state index contributed by atoms with van der Waals surface area (Å²) in [4.78, 5) is 30.9. The van der Waals surface area contributed by atoms with Gasteiger partial charge < -0.3 is 4.89 Å². The lowest BCUT2D eigenvalue weighted by Crippen LogP contribution is -2.45. The molecular weight excluding hydrogens is 725 g/mol. The first-order valence-electron chi connectivity index (χ1n) is 18.5. The zero-order valence-corrected chi connectivity index (χ0v) is 32.3. The number of hydrogen-bond donors (Lipinski definition) is 1. The Hall–Kier alpha value is -3.74. The molecule has 1 heterocycles. The largest absolute Gasteiger partial charge is 0.636 e. The highest BCUT2D eigenvalue weighted by Gasteiger charge is 2.60. The minimum Gasteiger partial charge on any atom is -0.636 e. The third-order valence-corrected chi connectivity index (χ3v) is 14.8. The first-order chi connectivity index (χ1) is 25.3. The Bertz CT molecular complexity index is 2110. The van der Waals surface area contributed by atoms with Crippen LogP contribution in [0.15, 0.2) is 132 Å². The van der Waals surface area contributed by atoms with E-state index in [4.69, 9.17) is 0 Å². The van der Waals surface area contributed by atoms with Gasteiger partial charge in [-0.3, -0.25) is 4.79 Å². The van der Waals surface area contributed by atoms with Crippen molar-refractivity contribution in [1.82, 2.24) is 14.4 Å². The highest BCUT2D eigenvalue weighted by Crippen LogP contribution is 2.66. The normalized spacial score (nSPS) is 19.5. The minimum atomic E-state index is -3.54. The van der Waals surface area contributed by atoms with Crippen molar-refractivity contribution in [2.45, 2.75) is 77.2 Å². The Morgan fingerprint density at radius 2 is 1.19 bits per heavy atom. The second kappa shape index (κ2) is 14.9. The summed E-state index contributed by atoms with van der Waals surface area (Å²) in [7, 11) is -3.54. The van der Waals surface area contributed by atoms with Gasteiger partial charge in [0.25, 0.3) is 0 Å². The predicted octanol–water partition coefficient (Wildman–Crippen LogP) is 10.6. The lowest BCUT2D eigenvalue weighted by atomic mass is 9.89. The van der Waals surface area contributed by atoms with Gasteiger partial charge in [-0.25, -0.2) is 0 Å². The summed E-state index contributed by atoms with van der Waals surface area (Å²) in [6.45, 7) is 5.32. The molecule has 1 N–H and O–H groups in total. The fourth-order valence-corrected chi connectivity index (χ4v) is 12.4. The van der Waals surface area contributed by atoms with Gasteiger partial charge in [0.05, 0.1) is 31.2 Å². The SMILES string of the molecule is Cc1cccc(C)c1[C@@H](CC(=O)c1ccc(Br)cc1)N[P+]1([O-])N(Cc2cccc3ccccc23)[C@@H]2CCCC[C@H]2N1Cc1cccc2ccccc12. The highest BCUT2D eigenvalue weighted by atomic mass is 79.9. The van der Waals surface area contributed by atoms with E-state index in [1.165, 1.54) is 32.7 Å². The lowest BCUT2D eigenvalue weighted by molar-refractivity contribution is -0.196. The Morgan fingerprint density at radius 1 is 0.712 bits per heavy atom. The van der Waals surface area contributed by atoms with Crippen LogP contribution in [0.3, 0.4) is 0 Å². The molecule has 1 aliphatic carbocycles. The monoisotopic (exact) mass is 769 g/mol. The molecule has 0 bridgehead atoms. The third-order valence-electron chi connectivity index (χ3n) is 11.4. The van der Waals surface area contributed by atoms with E-state index < -0.39 is 14.0 Å². The molecule has 0 unspecified atom stereocenters. The van der Waals surface area contributed by atoms with Crippen LogP contribution in [-0.2, 0) is 13.1 Å². The number of nitrogens with zero attached hydrogens (tertiary/aromatic N) is 2. The van der Waals surface area contributed by atoms with Crippen molar-refractivity contribution in [3.8, 4) is 0 Å². The Kier molecular flexibility index (Phi) is 10.1. The zero-order valence-electron chi connectivity index (χ0n) is 29.8. The summed E-state index contributed by atoms with van der Waals surface area (Å²) in [5, 5.41) is 8.62. The topological polar surface area (TPSA) is 58.6 Å². The average molecular weight is 771 g/mol. The maximum Gasteiger partial charge on any atom is 0.184 e. The molecular formula is C45H45BrN3O2P. The van der Waals surface area contributed by atoms with E-state index in [1.807, 2.05) is 24.3 Å². The summed E-state index contributed by atoms with van der Waals surface area (Å²) in [6, 6.07) is 43.6. The smallest absolute Gasteiger partial charge is 0.184 e. The molecule has 2 fully saturated rings. The fraction of sp³-hybridized carbons (Fsp3) is 0.267. The number of Topliss-reactive ketones (excluding diaryl/α,β-unsaturated/α-hetero) is 1. The number of halogens is 1. The van der Waals surface area contributed by atoms with E-state index in [-0.39, 0.29) is 24.3 Å². The van der Waals surface area contributed by atoms with Gasteiger partial charge in [0, 0.05) is 16.5 Å². The molecule has 6 aromatic rings. The van der Waals surface area contributed by atoms with E-state index in [1.54, 1.807) is 0 Å². The van der Waals surface area contributed by atoms with E-state index in [0.717, 1.165) is 46.8 Å². The second-order valence-corrected chi connectivity index (χ2v) is 17.8. The van der Waals surface area contributed by atoms with E-state index >= 15 is 4.89 Å². The number of hydrogen-bond acceptors (Lipinski definition) is 5. The molecule has 0 aromatic heterocycles. The molecule has 1 saturated heterocycles. The number of aryl methyl sites for hydroxylation is 2. The van der Waals surface area contributed by atoms with Gasteiger partial charge in [-0.1, -0.05) is 144 Å². The van der Waals surface area contributed by atoms with Crippen LogP contribution in [0.5, 0.6) is 0 Å². The van der Waals surface area contributed by atoms with Gasteiger partial charge in [-0.15, -0.1) is 9.34 Å². The van der Waals surface area contributed by atoms with Crippen LogP contribution in [0, 0.1) is 13.8 Å². The summed E-state index contributed by atoms with van der Waals surface area (Å²) in [5.41, 5.74) is 6.22. The molecule has 1 saturated carbocycles. The third kappa shape index (κ3) is 6.78. The molecule has 6 aromatic carbocycles. The van der Waals surface area contributed by atoms with Crippen molar-refractivity contribution in [3.05, 3.63) is 165 Å². The summed E-state index contributed by atoms with van der Waals surface area (Å²) in [6.07, 6.45) is 4.38. The molecule has 264 valence electrons. The number of carbonyl (C=O) groups excluding carboxylic acids is 1. The number of ketones is 1. The van der Waals surface area contributed by atoms with Gasteiger partial charge in [0.15, 0.2) is 13.7 Å². The van der Waals surface area contributed by atoms with E-state index in [2.05, 4.69) is 147 Å². The first-order valence-corrected chi connectivity index (χ1v) is 20.9. The van der Waals surface area contributed by atoms with Crippen LogP contribution in [-0.4, -0.2) is 27.2 Å². The minimum absolute atomic E-state index is 0.0251. The number of fused-ring (bicyclic) bond motifs is 3. The van der Waals surface area contributed by atoms with Crippen LogP contribution in [0.2, 0.25) is 0 Å². The van der Waals surface area contributed by atoms with Gasteiger partial charge >= 0.3 is 0 Å². The number of nitrogens with one attached hydrogen (secondary N) is 1. The molecule has 0 spiro atoms. The number of carbonyl (C=O) groups is 1. The average Bonchev–Trinajstić information content (AvgIpc) is 3.38. The van der Waals surface area contributed by atoms with E-state index in [9.17, 15) is 4.79 Å². The van der Waals surface area contributed by atoms with Crippen molar-refractivity contribution in [3.63, 3.8) is 0 Å². The molecule has 7 heteroatoms. The highest BCUT2D eigenvalue weighted by molar-refractivity contribution is 9.10. The zero-order chi connectivity index (χ0) is 35.8. The lowest BCUT2D eigenvalue weighted by Gasteiger charge is -2.43. The summed E-state index contributed by atoms with van der Waals surface area (Å²) < 4.78 is 5.59. The molecule has 0 amide bonds. The standard InChI is InChI=1S/C45H45BrN3O2P/c1-31-12-9-13-32(2)45(31)41(28-44(50)35-24-26-38(46)27-25-35)47-52(51)48(29-36-18-10-16-33-14-3-5-20-39(33)36)42-22-7-8-23-43(42)49(52)30-37-19-11-17-34-15-4-6-21-40(34)37/h3-6,9-21,24-27,41-43H,7-8,22-23,28-30H2,1-2H3,(H,47,51)/t41-,42-,43-/m1/s1. The van der Waals surface area contributed by atoms with Crippen LogP contribution in [0.25, 0.3) is 21.5 Å². The van der Waals surface area contributed by atoms with Crippen molar-refractivity contribution in [2.75, 3.05) is 0 Å². The molecule has 5 nitrogen and oxygen atoms in total. The van der Waals surface area contributed by atoms with Crippen LogP contribution < -0.4 is 9.98 Å². The molecule has 1 aliphatic heterocycles. The summed E-state index contributed by atoms with van der Waals surface area (Å²) >= 11 is 3.52. The van der Waals surface area contributed by atoms with Crippen LogP contribution in [0.1, 0.15) is 76.3 Å². The molecule has 3 atom stereocenters. The Morgan fingerprint density at radius 3 is 1.73 bits per heavy atom. The van der Waals surface area contributed by atoms with Crippen molar-refractivity contribution in [2.24, 2.45) is 0 Å². The van der Waals surface area contributed by atoms with Gasteiger partial charge in [0.2, 0.25) is 0 Å². The quantitative estimate of drug-likeness (QED) is 0.111. The van der Waals surface area contributed by atoms with Gasteiger partial charge in [0.1, 0.15) is 0 Å². The van der Waals surface area contributed by atoms with Crippen molar-refractivity contribution >= 4 is 51.2 Å². The first kappa shape index (κ1) is 35.3. The Labute approximate surface area is 316 Å². The predicted molar refractivity (Wildman–Crippen MR) is 217 cm³/mol. The van der Waals surface area contributed by atoms with Crippen LogP contribution in [0.4, 0.5) is 0 Å². The maximum atomic E-state index is 16.7. The maximum absolute atomic E-state index is 16.7.